The molecule has 0 aliphatic heterocycles. The number of rotatable bonds is 3. The molecule has 0 saturated heterocycles. The van der Waals surface area contributed by atoms with Gasteiger partial charge in [0.25, 0.3) is 0 Å². The van der Waals surface area contributed by atoms with Gasteiger partial charge >= 0.3 is 51.4 Å². The van der Waals surface area contributed by atoms with E-state index in [1.807, 2.05) is 24.3 Å². The van der Waals surface area contributed by atoms with Gasteiger partial charge in [0.15, 0.2) is 5.91 Å². The van der Waals surface area contributed by atoms with Crippen LogP contribution in [0.15, 0.2) is 24.3 Å². The molecule has 0 radical (unpaired) electrons. The fraction of sp³-hybridized carbons (Fsp3) is 0.500. The van der Waals surface area contributed by atoms with Crippen LogP contribution in [-0.4, -0.2) is 12.5 Å². The molecule has 0 atom stereocenters. The van der Waals surface area contributed by atoms with Crippen LogP contribution in [0.1, 0.15) is 37.7 Å². The normalized spacial score (nSPS) is 14.5. The molecule has 2 rings (SSSR count). The molecule has 0 spiro atoms. The van der Waals surface area contributed by atoms with Crippen molar-refractivity contribution in [3.05, 3.63) is 48.7 Å². The van der Waals surface area contributed by atoms with Gasteiger partial charge in [-0.15, -0.1) is 6.54 Å². The van der Waals surface area contributed by atoms with Gasteiger partial charge in [-0.2, -0.15) is 35.9 Å². The summed E-state index contributed by atoms with van der Waals surface area (Å²) in [7, 11) is 3.36. The van der Waals surface area contributed by atoms with E-state index in [-0.39, 0.29) is 63.2 Å². The first kappa shape index (κ1) is 20.3. The first-order valence-electron chi connectivity index (χ1n) is 6.95. The van der Waals surface area contributed by atoms with E-state index >= 15 is 0 Å². The van der Waals surface area contributed by atoms with E-state index in [4.69, 9.17) is 5.73 Å². The molecule has 2 N–H and O–H groups in total. The fourth-order valence-electron chi connectivity index (χ4n) is 2.23. The van der Waals surface area contributed by atoms with Gasteiger partial charge in [-0.1, -0.05) is 25.7 Å². The second-order valence-electron chi connectivity index (χ2n) is 4.76. The summed E-state index contributed by atoms with van der Waals surface area (Å²) in [6.45, 7) is 0.459. The maximum absolute atomic E-state index is 11.0. The summed E-state index contributed by atoms with van der Waals surface area (Å²) in [5, 5.41) is 2.45. The molecule has 1 aromatic carbocycles. The maximum Gasteiger partial charge on any atom is 1.00 e. The zero-order chi connectivity index (χ0) is 13.9. The average molecular weight is 298 g/mol. The Morgan fingerprint density at radius 3 is 2.55 bits per heavy atom. The number of carbonyl (C=O) groups is 1. The van der Waals surface area contributed by atoms with Crippen LogP contribution in [0.3, 0.4) is 0 Å². The Kier molecular flexibility index (Phi) is 13.2. The molecule has 1 fully saturated rings. The SMILES string of the molecule is [CH2-]NC(=O)C1CCCCC1.[K+].[NH-]CCc1[c-]cccc1. The molecule has 0 bridgehead atoms. The number of amides is 1. The summed E-state index contributed by atoms with van der Waals surface area (Å²) in [6, 6.07) is 10.8. The minimum absolute atomic E-state index is 0. The predicted octanol–water partition coefficient (Wildman–Crippen LogP) is 0.560. The molecule has 1 amide bonds. The predicted molar refractivity (Wildman–Crippen MR) is 78.2 cm³/mol. The fourth-order valence-corrected chi connectivity index (χ4v) is 2.23. The van der Waals surface area contributed by atoms with Gasteiger partial charge in [-0.05, 0) is 12.8 Å². The van der Waals surface area contributed by atoms with Gasteiger partial charge in [-0.3, -0.25) is 11.8 Å². The van der Waals surface area contributed by atoms with Crippen molar-refractivity contribution in [3.8, 4) is 0 Å². The van der Waals surface area contributed by atoms with Gasteiger partial charge in [0, 0.05) is 5.92 Å². The maximum atomic E-state index is 11.0. The standard InChI is InChI=1S/C8H14NO.C8H9N.K/c1-9-8(10)7-5-3-2-4-6-7;9-7-6-8-4-2-1-3-5-8;/h7H,1-6H2,(H,9,10);1-4,9H,6-7H2;/q-1;-2;+1. The van der Waals surface area contributed by atoms with E-state index in [0.29, 0.717) is 6.54 Å². The summed E-state index contributed by atoms with van der Waals surface area (Å²) in [5.41, 5.74) is 8.05. The van der Waals surface area contributed by atoms with Crippen molar-refractivity contribution in [2.75, 3.05) is 6.54 Å². The number of carbonyl (C=O) groups excluding carboxylic acids is 1. The van der Waals surface area contributed by atoms with Crippen molar-refractivity contribution in [3.63, 3.8) is 0 Å². The minimum Gasteiger partial charge on any atom is -0.677 e. The molecule has 3 nitrogen and oxygen atoms in total. The Morgan fingerprint density at radius 2 is 2.05 bits per heavy atom. The van der Waals surface area contributed by atoms with E-state index in [2.05, 4.69) is 18.4 Å². The van der Waals surface area contributed by atoms with Crippen LogP contribution >= 0.6 is 0 Å². The molecule has 4 heteroatoms. The largest absolute Gasteiger partial charge is 1.00 e. The van der Waals surface area contributed by atoms with Crippen molar-refractivity contribution >= 4 is 5.91 Å². The summed E-state index contributed by atoms with van der Waals surface area (Å²) < 4.78 is 0. The Bertz CT molecular complexity index is 351. The molecular formula is C16H23KN2O-2. The summed E-state index contributed by atoms with van der Waals surface area (Å²) in [4.78, 5) is 11.0. The zero-order valence-electron chi connectivity index (χ0n) is 12.5. The van der Waals surface area contributed by atoms with Crippen molar-refractivity contribution in [2.24, 2.45) is 5.92 Å². The van der Waals surface area contributed by atoms with E-state index in [1.54, 1.807) is 0 Å². The van der Waals surface area contributed by atoms with Crippen LogP contribution in [0.5, 0.6) is 0 Å². The van der Waals surface area contributed by atoms with Crippen LogP contribution in [0.4, 0.5) is 0 Å². The van der Waals surface area contributed by atoms with Crippen molar-refractivity contribution in [1.29, 1.82) is 0 Å². The molecule has 1 aromatic rings. The van der Waals surface area contributed by atoms with Crippen LogP contribution in [-0.2, 0) is 11.2 Å². The third-order valence-corrected chi connectivity index (χ3v) is 3.32. The van der Waals surface area contributed by atoms with Crippen molar-refractivity contribution in [2.45, 2.75) is 38.5 Å². The third-order valence-electron chi connectivity index (χ3n) is 3.32. The second-order valence-corrected chi connectivity index (χ2v) is 4.76. The second kappa shape index (κ2) is 13.0. The van der Waals surface area contributed by atoms with Crippen LogP contribution < -0.4 is 56.7 Å². The summed E-state index contributed by atoms with van der Waals surface area (Å²) in [6.07, 6.45) is 6.64. The molecule has 20 heavy (non-hydrogen) atoms. The first-order chi connectivity index (χ1) is 9.27. The molecule has 106 valence electrons. The average Bonchev–Trinajstić information content (AvgIpc) is 2.49. The van der Waals surface area contributed by atoms with Gasteiger partial charge in [-0.25, -0.2) is 0 Å². The topological polar surface area (TPSA) is 52.9 Å². The smallest absolute Gasteiger partial charge is 0.677 e. The minimum atomic E-state index is 0. The molecule has 0 heterocycles. The molecule has 1 saturated carbocycles. The number of hydrogen-bond donors (Lipinski definition) is 1. The molecule has 1 aliphatic carbocycles. The monoisotopic (exact) mass is 298 g/mol. The van der Waals surface area contributed by atoms with E-state index in [9.17, 15) is 4.79 Å². The summed E-state index contributed by atoms with van der Waals surface area (Å²) in [5.74, 6) is 0.381. The Labute approximate surface area is 165 Å². The Hall–Kier alpha value is 0.286. The Balaban J connectivity index is 0.000000345. The van der Waals surface area contributed by atoms with E-state index in [1.165, 1.54) is 19.3 Å². The molecular weight excluding hydrogens is 275 g/mol. The van der Waals surface area contributed by atoms with Gasteiger partial charge in [0.2, 0.25) is 0 Å². The number of hydrogen-bond acceptors (Lipinski definition) is 1. The molecule has 0 aromatic heterocycles. The zero-order valence-corrected chi connectivity index (χ0v) is 15.6. The quantitative estimate of drug-likeness (QED) is 0.643. The first-order valence-corrected chi connectivity index (χ1v) is 6.95. The summed E-state index contributed by atoms with van der Waals surface area (Å²) >= 11 is 0. The van der Waals surface area contributed by atoms with Gasteiger partial charge in [0.1, 0.15) is 0 Å². The van der Waals surface area contributed by atoms with Gasteiger partial charge in [0.05, 0.1) is 0 Å². The molecule has 0 unspecified atom stereocenters. The van der Waals surface area contributed by atoms with Crippen LogP contribution in [0, 0.1) is 19.0 Å². The Morgan fingerprint density at radius 1 is 1.35 bits per heavy atom. The van der Waals surface area contributed by atoms with E-state index in [0.717, 1.165) is 24.8 Å². The molecule has 1 aliphatic rings. The van der Waals surface area contributed by atoms with Crippen LogP contribution in [0.25, 0.3) is 5.73 Å². The van der Waals surface area contributed by atoms with Crippen molar-refractivity contribution in [1.82, 2.24) is 5.32 Å². The van der Waals surface area contributed by atoms with Gasteiger partial charge < -0.3 is 11.1 Å². The van der Waals surface area contributed by atoms with Crippen LogP contribution in [0.2, 0.25) is 0 Å². The van der Waals surface area contributed by atoms with Crippen molar-refractivity contribution < 1.29 is 56.2 Å². The third kappa shape index (κ3) is 8.55. The number of nitrogens with one attached hydrogen (secondary N) is 2. The number of benzene rings is 1. The van der Waals surface area contributed by atoms with E-state index < -0.39 is 0 Å².